The van der Waals surface area contributed by atoms with E-state index >= 15 is 0 Å². The minimum absolute atomic E-state index is 0.0827. The first-order valence-corrected chi connectivity index (χ1v) is 7.84. The molecule has 0 unspecified atom stereocenters. The van der Waals surface area contributed by atoms with Crippen molar-refractivity contribution in [3.05, 3.63) is 99.4 Å². The molecule has 6 nitrogen and oxygen atoms in total. The summed E-state index contributed by atoms with van der Waals surface area (Å²) >= 11 is 0. The predicted octanol–water partition coefficient (Wildman–Crippen LogP) is 5.20. The van der Waals surface area contributed by atoms with E-state index in [-0.39, 0.29) is 34.1 Å². The topological polar surface area (TPSA) is 92.1 Å². The van der Waals surface area contributed by atoms with Crippen LogP contribution in [-0.4, -0.2) is 11.6 Å². The zero-order valence-electron chi connectivity index (χ0n) is 13.4. The van der Waals surface area contributed by atoms with E-state index in [9.17, 15) is 9.59 Å². The van der Waals surface area contributed by atoms with Crippen LogP contribution in [0.15, 0.2) is 71.8 Å². The number of rotatable bonds is 3. The Balaban J connectivity index is 1.97. The molecular formula is C20H11N3O3. The molecule has 0 bridgehead atoms. The molecule has 0 N–H and O–H groups in total. The van der Waals surface area contributed by atoms with Crippen LogP contribution in [0.4, 0.5) is 5.69 Å². The lowest BCUT2D eigenvalue weighted by atomic mass is 9.83. The van der Waals surface area contributed by atoms with Crippen molar-refractivity contribution in [2.75, 3.05) is 0 Å². The van der Waals surface area contributed by atoms with Gasteiger partial charge in [-0.25, -0.2) is 0 Å². The summed E-state index contributed by atoms with van der Waals surface area (Å²) in [7, 11) is 0. The van der Waals surface area contributed by atoms with E-state index in [2.05, 4.69) is 10.0 Å². The van der Waals surface area contributed by atoms with Crippen LogP contribution in [0.5, 0.6) is 11.5 Å². The second-order valence-electron chi connectivity index (χ2n) is 5.64. The number of hydrogen-bond acceptors (Lipinski definition) is 4. The van der Waals surface area contributed by atoms with Crippen LogP contribution in [0, 0.1) is 0 Å². The van der Waals surface area contributed by atoms with Gasteiger partial charge in [0, 0.05) is 21.6 Å². The highest BCUT2D eigenvalue weighted by molar-refractivity contribution is 6.29. The van der Waals surface area contributed by atoms with Crippen LogP contribution in [0.2, 0.25) is 0 Å². The second-order valence-corrected chi connectivity index (χ2v) is 5.64. The van der Waals surface area contributed by atoms with E-state index in [0.29, 0.717) is 16.9 Å². The summed E-state index contributed by atoms with van der Waals surface area (Å²) in [6.45, 7) is 0. The minimum atomic E-state index is -0.337. The van der Waals surface area contributed by atoms with Crippen molar-refractivity contribution in [3.8, 4) is 11.5 Å². The number of carbonyl (C=O) groups excluding carboxylic acids is 2. The molecule has 0 saturated carbocycles. The molecule has 0 spiro atoms. The van der Waals surface area contributed by atoms with Crippen molar-refractivity contribution in [3.63, 3.8) is 0 Å². The fourth-order valence-electron chi connectivity index (χ4n) is 2.98. The summed E-state index contributed by atoms with van der Waals surface area (Å²) in [5.41, 5.74) is 10.00. The number of benzene rings is 3. The molecule has 0 radical (unpaired) electrons. The Bertz CT molecular complexity index is 1100. The van der Waals surface area contributed by atoms with Crippen LogP contribution in [-0.2, 0) is 0 Å². The SMILES string of the molecule is [N-]=[N+]=Nc1ccc2c(c1Oc1ccccc1)C(=O)c1ccccc1C2=O. The normalized spacial score (nSPS) is 12.0. The minimum Gasteiger partial charge on any atom is -0.456 e. The van der Waals surface area contributed by atoms with E-state index < -0.39 is 0 Å². The first-order chi connectivity index (χ1) is 12.7. The number of hydrogen-bond donors (Lipinski definition) is 0. The monoisotopic (exact) mass is 341 g/mol. The van der Waals surface area contributed by atoms with E-state index in [0.717, 1.165) is 0 Å². The highest BCUT2D eigenvalue weighted by Crippen LogP contribution is 2.41. The molecule has 6 heteroatoms. The van der Waals surface area contributed by atoms with Crippen LogP contribution in [0.25, 0.3) is 10.4 Å². The maximum absolute atomic E-state index is 13.1. The summed E-state index contributed by atoms with van der Waals surface area (Å²) in [6, 6.07) is 18.4. The molecule has 124 valence electrons. The number of fused-ring (bicyclic) bond motifs is 2. The van der Waals surface area contributed by atoms with Crippen molar-refractivity contribution < 1.29 is 14.3 Å². The van der Waals surface area contributed by atoms with Crippen LogP contribution in [0.3, 0.4) is 0 Å². The lowest BCUT2D eigenvalue weighted by Gasteiger charge is -2.21. The van der Waals surface area contributed by atoms with Crippen molar-refractivity contribution in [1.29, 1.82) is 0 Å². The van der Waals surface area contributed by atoms with Gasteiger partial charge in [0.05, 0.1) is 11.3 Å². The lowest BCUT2D eigenvalue weighted by Crippen LogP contribution is -2.21. The van der Waals surface area contributed by atoms with Gasteiger partial charge in [0.25, 0.3) is 0 Å². The van der Waals surface area contributed by atoms with Gasteiger partial charge >= 0.3 is 0 Å². The van der Waals surface area contributed by atoms with Crippen molar-refractivity contribution in [1.82, 2.24) is 0 Å². The molecule has 26 heavy (non-hydrogen) atoms. The molecule has 0 aliphatic heterocycles. The maximum Gasteiger partial charge on any atom is 0.198 e. The van der Waals surface area contributed by atoms with Crippen molar-refractivity contribution in [2.45, 2.75) is 0 Å². The Kier molecular flexibility index (Phi) is 3.73. The average molecular weight is 341 g/mol. The highest BCUT2D eigenvalue weighted by atomic mass is 16.5. The molecule has 4 rings (SSSR count). The second kappa shape index (κ2) is 6.20. The van der Waals surface area contributed by atoms with E-state index in [1.807, 2.05) is 6.07 Å². The molecule has 3 aromatic rings. The third-order valence-corrected chi connectivity index (χ3v) is 4.14. The van der Waals surface area contributed by atoms with Gasteiger partial charge in [-0.2, -0.15) is 0 Å². The smallest absolute Gasteiger partial charge is 0.198 e. The molecule has 1 aliphatic carbocycles. The average Bonchev–Trinajstić information content (AvgIpc) is 2.68. The Morgan fingerprint density at radius 1 is 0.769 bits per heavy atom. The molecule has 0 atom stereocenters. The molecular weight excluding hydrogens is 330 g/mol. The van der Waals surface area contributed by atoms with Crippen LogP contribution >= 0.6 is 0 Å². The van der Waals surface area contributed by atoms with Crippen molar-refractivity contribution >= 4 is 17.3 Å². The number of ketones is 2. The zero-order chi connectivity index (χ0) is 18.1. The van der Waals surface area contributed by atoms with Gasteiger partial charge in [0.1, 0.15) is 11.5 Å². The highest BCUT2D eigenvalue weighted by Gasteiger charge is 2.33. The van der Waals surface area contributed by atoms with E-state index in [4.69, 9.17) is 10.3 Å². The van der Waals surface area contributed by atoms with Crippen LogP contribution < -0.4 is 4.74 Å². The summed E-state index contributed by atoms with van der Waals surface area (Å²) < 4.78 is 5.86. The lowest BCUT2D eigenvalue weighted by molar-refractivity contribution is 0.0977. The largest absolute Gasteiger partial charge is 0.456 e. The molecule has 0 fully saturated rings. The summed E-state index contributed by atoms with van der Waals surface area (Å²) in [6.07, 6.45) is 0. The number of ether oxygens (including phenoxy) is 1. The predicted molar refractivity (Wildman–Crippen MR) is 95.1 cm³/mol. The summed E-state index contributed by atoms with van der Waals surface area (Å²) in [4.78, 5) is 28.7. The molecule has 1 aliphatic rings. The van der Waals surface area contributed by atoms with Gasteiger partial charge in [0.15, 0.2) is 11.6 Å². The molecule has 0 heterocycles. The van der Waals surface area contributed by atoms with E-state index in [1.54, 1.807) is 48.5 Å². The number of azide groups is 1. The Morgan fingerprint density at radius 3 is 2.12 bits per heavy atom. The van der Waals surface area contributed by atoms with Gasteiger partial charge in [-0.05, 0) is 29.8 Å². The fraction of sp³-hybridized carbons (Fsp3) is 0. The summed E-state index contributed by atoms with van der Waals surface area (Å²) in [5, 5.41) is 3.62. The Hall–Kier alpha value is -3.89. The Morgan fingerprint density at radius 2 is 1.42 bits per heavy atom. The maximum atomic E-state index is 13.1. The third kappa shape index (κ3) is 2.42. The van der Waals surface area contributed by atoms with Gasteiger partial charge in [-0.1, -0.05) is 47.6 Å². The van der Waals surface area contributed by atoms with Gasteiger partial charge in [0.2, 0.25) is 0 Å². The Labute approximate surface area is 148 Å². The van der Waals surface area contributed by atoms with Gasteiger partial charge in [-0.15, -0.1) is 0 Å². The van der Waals surface area contributed by atoms with Gasteiger partial charge < -0.3 is 4.74 Å². The summed E-state index contributed by atoms with van der Waals surface area (Å²) in [5.74, 6) is -0.0505. The zero-order valence-corrected chi connectivity index (χ0v) is 13.4. The third-order valence-electron chi connectivity index (χ3n) is 4.14. The fourth-order valence-corrected chi connectivity index (χ4v) is 2.98. The number of nitrogens with zero attached hydrogens (tertiary/aromatic N) is 3. The standard InChI is InChI=1S/C20H11N3O3/c21-23-22-16-11-10-15-17(20(16)26-12-6-2-1-3-7-12)19(25)14-9-5-4-8-13(14)18(15)24/h1-11H. The number of carbonyl (C=O) groups is 2. The first-order valence-electron chi connectivity index (χ1n) is 7.84. The molecule has 0 amide bonds. The molecule has 3 aromatic carbocycles. The van der Waals surface area contributed by atoms with Crippen molar-refractivity contribution in [2.24, 2.45) is 5.11 Å². The van der Waals surface area contributed by atoms with Crippen LogP contribution in [0.1, 0.15) is 31.8 Å². The quantitative estimate of drug-likeness (QED) is 0.291. The molecule has 0 saturated heterocycles. The molecule has 0 aromatic heterocycles. The van der Waals surface area contributed by atoms with Gasteiger partial charge in [-0.3, -0.25) is 9.59 Å². The van der Waals surface area contributed by atoms with E-state index in [1.165, 1.54) is 12.1 Å². The number of para-hydroxylation sites is 1. The first kappa shape index (κ1) is 15.6.